The summed E-state index contributed by atoms with van der Waals surface area (Å²) in [5.41, 5.74) is 2.36. The van der Waals surface area contributed by atoms with Crippen LogP contribution < -0.4 is 10.6 Å². The SMILES string of the molecule is CC(C)(C)OC=O.CNCCc1cn(CCN2CCNCC2)c2ccc(Cl)cc12. The lowest BCUT2D eigenvalue weighted by Crippen LogP contribution is -2.44. The van der Waals surface area contributed by atoms with Gasteiger partial charge in [-0.15, -0.1) is 0 Å². The van der Waals surface area contributed by atoms with Crippen molar-refractivity contribution >= 4 is 29.0 Å². The van der Waals surface area contributed by atoms with Crippen LogP contribution in [0.5, 0.6) is 0 Å². The van der Waals surface area contributed by atoms with Crippen LogP contribution in [0.3, 0.4) is 0 Å². The van der Waals surface area contributed by atoms with Gasteiger partial charge in [0.25, 0.3) is 6.47 Å². The molecule has 0 spiro atoms. The van der Waals surface area contributed by atoms with Gasteiger partial charge in [0.2, 0.25) is 0 Å². The first-order valence-corrected chi connectivity index (χ1v) is 10.7. The minimum absolute atomic E-state index is 0.318. The third kappa shape index (κ3) is 7.97. The predicted octanol–water partition coefficient (Wildman–Crippen LogP) is 2.92. The molecule has 0 atom stereocenters. The Bertz CT molecular complexity index is 764. The molecule has 6 nitrogen and oxygen atoms in total. The number of likely N-dealkylation sites (N-methyl/N-ethyl adjacent to an activating group) is 1. The van der Waals surface area contributed by atoms with Gasteiger partial charge in [-0.05, 0) is 64.5 Å². The van der Waals surface area contributed by atoms with Crippen molar-refractivity contribution in [1.29, 1.82) is 0 Å². The quantitative estimate of drug-likeness (QED) is 0.672. The minimum atomic E-state index is -0.318. The number of rotatable bonds is 7. The average Bonchev–Trinajstić information content (AvgIpc) is 3.02. The van der Waals surface area contributed by atoms with Crippen LogP contribution in [0.4, 0.5) is 0 Å². The van der Waals surface area contributed by atoms with Crippen molar-refractivity contribution < 1.29 is 9.53 Å². The van der Waals surface area contributed by atoms with E-state index in [2.05, 4.69) is 43.2 Å². The van der Waals surface area contributed by atoms with Crippen molar-refractivity contribution in [2.75, 3.05) is 46.3 Å². The lowest BCUT2D eigenvalue weighted by Gasteiger charge is -2.27. The maximum Gasteiger partial charge on any atom is 0.293 e. The van der Waals surface area contributed by atoms with Crippen LogP contribution >= 0.6 is 11.6 Å². The molecule has 1 aromatic heterocycles. The van der Waals surface area contributed by atoms with Crippen LogP contribution in [0.15, 0.2) is 24.4 Å². The fourth-order valence-corrected chi connectivity index (χ4v) is 3.49. The molecule has 162 valence electrons. The molecule has 0 radical (unpaired) electrons. The van der Waals surface area contributed by atoms with E-state index in [0.29, 0.717) is 6.47 Å². The molecule has 0 aliphatic carbocycles. The van der Waals surface area contributed by atoms with Crippen molar-refractivity contribution in [2.45, 2.75) is 39.3 Å². The molecule has 2 aromatic rings. The second kappa shape index (κ2) is 11.6. The van der Waals surface area contributed by atoms with Crippen LogP contribution in [0.2, 0.25) is 5.02 Å². The van der Waals surface area contributed by atoms with Crippen molar-refractivity contribution in [3.63, 3.8) is 0 Å². The maximum absolute atomic E-state index is 9.60. The van der Waals surface area contributed by atoms with Gasteiger partial charge >= 0.3 is 0 Å². The molecule has 1 saturated heterocycles. The lowest BCUT2D eigenvalue weighted by molar-refractivity contribution is -0.138. The molecule has 1 aliphatic rings. The Balaban J connectivity index is 0.000000370. The molecule has 7 heteroatoms. The van der Waals surface area contributed by atoms with Crippen molar-refractivity contribution in [3.05, 3.63) is 35.0 Å². The average molecular weight is 423 g/mol. The third-order valence-electron chi connectivity index (χ3n) is 4.84. The summed E-state index contributed by atoms with van der Waals surface area (Å²) >= 11 is 6.19. The van der Waals surface area contributed by atoms with Gasteiger partial charge in [-0.25, -0.2) is 0 Å². The summed E-state index contributed by atoms with van der Waals surface area (Å²) in [6, 6.07) is 6.24. The van der Waals surface area contributed by atoms with E-state index in [1.165, 1.54) is 16.5 Å². The van der Waals surface area contributed by atoms with Gasteiger partial charge in [0.05, 0.1) is 0 Å². The van der Waals surface area contributed by atoms with Crippen LogP contribution in [0.25, 0.3) is 10.9 Å². The normalized spacial score (nSPS) is 15.1. The van der Waals surface area contributed by atoms with Crippen molar-refractivity contribution in [2.24, 2.45) is 0 Å². The van der Waals surface area contributed by atoms with E-state index in [9.17, 15) is 4.79 Å². The fourth-order valence-electron chi connectivity index (χ4n) is 3.32. The molecule has 1 aliphatic heterocycles. The van der Waals surface area contributed by atoms with Crippen LogP contribution in [-0.2, 0) is 22.5 Å². The topological polar surface area (TPSA) is 58.5 Å². The second-order valence-corrected chi connectivity index (χ2v) is 8.72. The molecule has 1 fully saturated rings. The number of nitrogens with zero attached hydrogens (tertiary/aromatic N) is 2. The van der Waals surface area contributed by atoms with E-state index in [1.54, 1.807) is 0 Å². The Morgan fingerprint density at radius 2 is 1.97 bits per heavy atom. The molecular weight excluding hydrogens is 388 g/mol. The van der Waals surface area contributed by atoms with Gasteiger partial charge in [0, 0.05) is 61.4 Å². The monoisotopic (exact) mass is 422 g/mol. The number of piperazine rings is 1. The Morgan fingerprint density at radius 3 is 2.55 bits per heavy atom. The van der Waals surface area contributed by atoms with E-state index >= 15 is 0 Å². The molecule has 3 rings (SSSR count). The van der Waals surface area contributed by atoms with Crippen molar-refractivity contribution in [1.82, 2.24) is 20.1 Å². The second-order valence-electron chi connectivity index (χ2n) is 8.28. The number of halogens is 1. The first-order chi connectivity index (χ1) is 13.8. The van der Waals surface area contributed by atoms with E-state index in [4.69, 9.17) is 11.6 Å². The first kappa shape index (κ1) is 23.7. The third-order valence-corrected chi connectivity index (χ3v) is 5.07. The predicted molar refractivity (Wildman–Crippen MR) is 121 cm³/mol. The number of fused-ring (bicyclic) bond motifs is 1. The minimum Gasteiger partial charge on any atom is -0.462 e. The Kier molecular flexibility index (Phi) is 9.43. The maximum atomic E-state index is 9.60. The highest BCUT2D eigenvalue weighted by molar-refractivity contribution is 6.31. The number of nitrogens with one attached hydrogen (secondary N) is 2. The summed E-state index contributed by atoms with van der Waals surface area (Å²) < 4.78 is 6.94. The number of carbonyl (C=O) groups is 1. The summed E-state index contributed by atoms with van der Waals surface area (Å²) in [5, 5.41) is 8.75. The van der Waals surface area contributed by atoms with Gasteiger partial charge in [-0.3, -0.25) is 9.69 Å². The fraction of sp³-hybridized carbons (Fsp3) is 0.591. The smallest absolute Gasteiger partial charge is 0.293 e. The number of ether oxygens (including phenoxy) is 1. The summed E-state index contributed by atoms with van der Waals surface area (Å²) in [6.07, 6.45) is 3.34. The standard InChI is InChI=1S/C17H25ClN4.C5H10O2/c1-19-5-4-14-13-22(11-10-21-8-6-20-7-9-21)17-3-2-15(18)12-16(14)17;1-5(2,3)7-4-6/h2-3,12-13,19-20H,4-11H2,1H3;4H,1-3H3. The van der Waals surface area contributed by atoms with Crippen LogP contribution in [-0.4, -0.2) is 67.9 Å². The number of carbonyl (C=O) groups excluding carboxylic acids is 1. The van der Waals surface area contributed by atoms with Gasteiger partial charge < -0.3 is 19.9 Å². The molecular formula is C22H35ClN4O2. The molecule has 0 bridgehead atoms. The number of benzene rings is 1. The van der Waals surface area contributed by atoms with E-state index < -0.39 is 0 Å². The van der Waals surface area contributed by atoms with Gasteiger partial charge in [0.15, 0.2) is 0 Å². The molecule has 0 amide bonds. The van der Waals surface area contributed by atoms with E-state index in [1.807, 2.05) is 33.9 Å². The number of hydrogen-bond donors (Lipinski definition) is 2. The lowest BCUT2D eigenvalue weighted by atomic mass is 10.1. The van der Waals surface area contributed by atoms with Crippen molar-refractivity contribution in [3.8, 4) is 0 Å². The highest BCUT2D eigenvalue weighted by atomic mass is 35.5. The summed E-state index contributed by atoms with van der Waals surface area (Å²) in [7, 11) is 2.00. The highest BCUT2D eigenvalue weighted by Crippen LogP contribution is 2.25. The summed E-state index contributed by atoms with van der Waals surface area (Å²) in [6.45, 7) is 13.6. The Hall–Kier alpha value is -1.60. The zero-order valence-corrected chi connectivity index (χ0v) is 18.9. The van der Waals surface area contributed by atoms with E-state index in [-0.39, 0.29) is 5.60 Å². The number of hydrogen-bond acceptors (Lipinski definition) is 5. The van der Waals surface area contributed by atoms with E-state index in [0.717, 1.165) is 57.3 Å². The van der Waals surface area contributed by atoms with Gasteiger partial charge in [-0.2, -0.15) is 0 Å². The van der Waals surface area contributed by atoms with Gasteiger partial charge in [0.1, 0.15) is 5.60 Å². The molecule has 0 saturated carbocycles. The Morgan fingerprint density at radius 1 is 1.24 bits per heavy atom. The summed E-state index contributed by atoms with van der Waals surface area (Å²) in [5.74, 6) is 0. The summed E-state index contributed by atoms with van der Waals surface area (Å²) in [4.78, 5) is 12.1. The van der Waals surface area contributed by atoms with Gasteiger partial charge in [-0.1, -0.05) is 11.6 Å². The largest absolute Gasteiger partial charge is 0.462 e. The van der Waals surface area contributed by atoms with Crippen LogP contribution in [0.1, 0.15) is 26.3 Å². The zero-order valence-electron chi connectivity index (χ0n) is 18.1. The molecule has 2 N–H and O–H groups in total. The Labute approximate surface area is 179 Å². The first-order valence-electron chi connectivity index (χ1n) is 10.3. The molecule has 2 heterocycles. The van der Waals surface area contributed by atoms with Crippen LogP contribution in [0, 0.1) is 0 Å². The molecule has 29 heavy (non-hydrogen) atoms. The highest BCUT2D eigenvalue weighted by Gasteiger charge is 2.12. The zero-order chi connectivity index (χ0) is 21.3. The molecule has 1 aromatic carbocycles. The molecule has 0 unspecified atom stereocenters. The number of aromatic nitrogens is 1.